The minimum Gasteiger partial charge on any atom is -0.497 e. The van der Waals surface area contributed by atoms with Crippen molar-refractivity contribution in [2.75, 3.05) is 7.11 Å². The Labute approximate surface area is 174 Å². The standard InChI is InChI=1S/C15H16N4O3.K/c1-3-19-14(20)12-13(17-15(19)21)16-9-18(12)8-10-4-6-11(22-2)7-5-10;/h4-7,9H,3,8H2,1-2H3,(H,17,21);/q;+1. The Morgan fingerprint density at radius 1 is 1.22 bits per heavy atom. The number of rotatable bonds is 4. The van der Waals surface area contributed by atoms with Crippen LogP contribution >= 0.6 is 0 Å². The van der Waals surface area contributed by atoms with E-state index in [1.165, 1.54) is 0 Å². The minimum atomic E-state index is -0.435. The Hall–Kier alpha value is -1.19. The van der Waals surface area contributed by atoms with Gasteiger partial charge >= 0.3 is 57.1 Å². The molecule has 0 radical (unpaired) electrons. The molecule has 2 heterocycles. The van der Waals surface area contributed by atoms with Crippen LogP contribution in [-0.2, 0) is 13.1 Å². The van der Waals surface area contributed by atoms with E-state index in [0.29, 0.717) is 24.3 Å². The zero-order chi connectivity index (χ0) is 15.7. The van der Waals surface area contributed by atoms with Crippen LogP contribution in [0.15, 0.2) is 40.2 Å². The van der Waals surface area contributed by atoms with Crippen LogP contribution in [0.1, 0.15) is 12.5 Å². The molecule has 0 spiro atoms. The number of nitrogens with zero attached hydrogens (tertiary/aromatic N) is 3. The molecule has 0 unspecified atom stereocenters. The largest absolute Gasteiger partial charge is 1.00 e. The molecule has 0 saturated carbocycles. The van der Waals surface area contributed by atoms with Crippen LogP contribution in [0.25, 0.3) is 11.2 Å². The van der Waals surface area contributed by atoms with E-state index >= 15 is 0 Å². The van der Waals surface area contributed by atoms with Crippen molar-refractivity contribution in [3.63, 3.8) is 0 Å². The Kier molecular flexibility index (Phi) is 5.98. The number of methoxy groups -OCH3 is 1. The molecule has 7 nitrogen and oxygen atoms in total. The summed E-state index contributed by atoms with van der Waals surface area (Å²) in [6.45, 7) is 2.57. The normalized spacial score (nSPS) is 10.5. The zero-order valence-electron chi connectivity index (χ0n) is 13.4. The van der Waals surface area contributed by atoms with E-state index in [0.717, 1.165) is 15.9 Å². The van der Waals surface area contributed by atoms with E-state index in [1.54, 1.807) is 24.9 Å². The third-order valence-corrected chi connectivity index (χ3v) is 3.58. The fourth-order valence-electron chi connectivity index (χ4n) is 2.42. The molecule has 0 fully saturated rings. The summed E-state index contributed by atoms with van der Waals surface area (Å²) in [5, 5.41) is 0. The van der Waals surface area contributed by atoms with Crippen molar-refractivity contribution in [3.05, 3.63) is 57.0 Å². The summed E-state index contributed by atoms with van der Waals surface area (Å²) in [7, 11) is 1.61. The average molecular weight is 339 g/mol. The molecule has 3 rings (SSSR count). The molecule has 0 amide bonds. The third-order valence-electron chi connectivity index (χ3n) is 3.58. The van der Waals surface area contributed by atoms with Gasteiger partial charge in [0.05, 0.1) is 13.4 Å². The third kappa shape index (κ3) is 3.51. The summed E-state index contributed by atoms with van der Waals surface area (Å²) < 4.78 is 8.02. The van der Waals surface area contributed by atoms with Crippen LogP contribution in [0.4, 0.5) is 0 Å². The fourth-order valence-corrected chi connectivity index (χ4v) is 2.42. The van der Waals surface area contributed by atoms with Gasteiger partial charge in [-0.25, -0.2) is 9.78 Å². The second kappa shape index (κ2) is 7.58. The first kappa shape index (κ1) is 18.1. The average Bonchev–Trinajstić information content (AvgIpc) is 2.91. The number of aromatic nitrogens is 4. The second-order valence-corrected chi connectivity index (χ2v) is 4.90. The van der Waals surface area contributed by atoms with Crippen molar-refractivity contribution >= 4 is 11.2 Å². The maximum Gasteiger partial charge on any atom is 1.00 e. The van der Waals surface area contributed by atoms with Gasteiger partial charge in [0, 0.05) is 13.1 Å². The van der Waals surface area contributed by atoms with Crippen LogP contribution in [0.3, 0.4) is 0 Å². The number of imidazole rings is 1. The molecule has 0 aliphatic heterocycles. The topological polar surface area (TPSA) is 81.9 Å². The Balaban J connectivity index is 0.00000192. The van der Waals surface area contributed by atoms with Gasteiger partial charge in [-0.15, -0.1) is 0 Å². The molecule has 0 bridgehead atoms. The van der Waals surface area contributed by atoms with E-state index in [2.05, 4.69) is 9.97 Å². The summed E-state index contributed by atoms with van der Waals surface area (Å²) in [6.07, 6.45) is 1.56. The number of hydrogen-bond donors (Lipinski definition) is 1. The number of hydrogen-bond acceptors (Lipinski definition) is 4. The Morgan fingerprint density at radius 3 is 2.52 bits per heavy atom. The molecule has 1 N–H and O–H groups in total. The number of benzene rings is 1. The maximum atomic E-state index is 12.4. The van der Waals surface area contributed by atoms with Gasteiger partial charge in [0.2, 0.25) is 0 Å². The smallest absolute Gasteiger partial charge is 0.497 e. The van der Waals surface area contributed by atoms with Gasteiger partial charge in [-0.2, -0.15) is 0 Å². The molecule has 1 aromatic carbocycles. The molecule has 23 heavy (non-hydrogen) atoms. The van der Waals surface area contributed by atoms with Gasteiger partial charge in [0.25, 0.3) is 5.56 Å². The van der Waals surface area contributed by atoms with Gasteiger partial charge in [0.1, 0.15) is 5.75 Å². The van der Waals surface area contributed by atoms with Crippen molar-refractivity contribution in [2.24, 2.45) is 0 Å². The van der Waals surface area contributed by atoms with Crippen LogP contribution in [-0.4, -0.2) is 26.2 Å². The fraction of sp³-hybridized carbons (Fsp3) is 0.267. The predicted molar refractivity (Wildman–Crippen MR) is 82.4 cm³/mol. The molecular weight excluding hydrogens is 323 g/mol. The SMILES string of the molecule is CCn1c(=O)[nH]c2ncn(Cc3ccc(OC)cc3)c2c1=O.[K+]. The minimum absolute atomic E-state index is 0. The Morgan fingerprint density at radius 2 is 1.91 bits per heavy atom. The van der Waals surface area contributed by atoms with E-state index < -0.39 is 5.69 Å². The summed E-state index contributed by atoms with van der Waals surface area (Å²) in [6, 6.07) is 7.57. The molecule has 0 aliphatic rings. The van der Waals surface area contributed by atoms with E-state index in [9.17, 15) is 9.59 Å². The first-order valence-corrected chi connectivity index (χ1v) is 6.95. The summed E-state index contributed by atoms with van der Waals surface area (Å²) >= 11 is 0. The number of ether oxygens (including phenoxy) is 1. The van der Waals surface area contributed by atoms with Gasteiger partial charge in [-0.05, 0) is 24.6 Å². The van der Waals surface area contributed by atoms with E-state index in [1.807, 2.05) is 24.3 Å². The number of nitrogens with one attached hydrogen (secondary N) is 1. The number of H-pyrrole nitrogens is 1. The van der Waals surface area contributed by atoms with Crippen molar-refractivity contribution in [1.29, 1.82) is 0 Å². The van der Waals surface area contributed by atoms with E-state index in [4.69, 9.17) is 4.74 Å². The van der Waals surface area contributed by atoms with Crippen LogP contribution < -0.4 is 67.4 Å². The van der Waals surface area contributed by atoms with Crippen molar-refractivity contribution in [2.45, 2.75) is 20.0 Å². The predicted octanol–water partition coefficient (Wildman–Crippen LogP) is -2.03. The quantitative estimate of drug-likeness (QED) is 0.556. The van der Waals surface area contributed by atoms with Crippen LogP contribution in [0, 0.1) is 0 Å². The molecule has 2 aromatic heterocycles. The summed E-state index contributed by atoms with van der Waals surface area (Å²) in [5.41, 5.74) is 0.959. The molecule has 114 valence electrons. The molecule has 8 heteroatoms. The zero-order valence-corrected chi connectivity index (χ0v) is 16.5. The van der Waals surface area contributed by atoms with Crippen molar-refractivity contribution in [3.8, 4) is 5.75 Å². The van der Waals surface area contributed by atoms with Gasteiger partial charge in [-0.3, -0.25) is 14.3 Å². The summed E-state index contributed by atoms with van der Waals surface area (Å²) in [5.74, 6) is 0.775. The summed E-state index contributed by atoms with van der Waals surface area (Å²) in [4.78, 5) is 30.9. The second-order valence-electron chi connectivity index (χ2n) is 4.90. The van der Waals surface area contributed by atoms with Gasteiger partial charge in [-0.1, -0.05) is 12.1 Å². The number of aromatic amines is 1. The maximum absolute atomic E-state index is 12.4. The number of fused-ring (bicyclic) bond motifs is 1. The van der Waals surface area contributed by atoms with Crippen LogP contribution in [0.5, 0.6) is 5.75 Å². The van der Waals surface area contributed by atoms with Crippen molar-refractivity contribution in [1.82, 2.24) is 19.1 Å². The molecule has 0 saturated heterocycles. The monoisotopic (exact) mass is 339 g/mol. The van der Waals surface area contributed by atoms with E-state index in [-0.39, 0.29) is 56.9 Å². The first-order chi connectivity index (χ1) is 10.6. The van der Waals surface area contributed by atoms with Gasteiger partial charge < -0.3 is 9.30 Å². The molecule has 0 aliphatic carbocycles. The van der Waals surface area contributed by atoms with Gasteiger partial charge in [0.15, 0.2) is 11.2 Å². The molecule has 0 atom stereocenters. The Bertz CT molecular complexity index is 925. The van der Waals surface area contributed by atoms with Crippen LogP contribution in [0.2, 0.25) is 0 Å². The first-order valence-electron chi connectivity index (χ1n) is 6.95. The molecular formula is C15H16KN4O3+. The van der Waals surface area contributed by atoms with Crippen molar-refractivity contribution < 1.29 is 56.1 Å². The molecule has 3 aromatic rings.